The van der Waals surface area contributed by atoms with Crippen molar-refractivity contribution in [2.75, 3.05) is 38.3 Å². The summed E-state index contributed by atoms with van der Waals surface area (Å²) in [6.45, 7) is 2.44. The van der Waals surface area contributed by atoms with Crippen LogP contribution in [0.15, 0.2) is 53.9 Å². The standard InChI is InChI=1S/C24H23N3O4S/c1-30-20-14-17(21-6-3-11-32-21)12-18-15-26(9-10-31-22(18)20)23(28)16-4-2-5-19(13-16)27-8-7-25-24(27)29/h2-6,11-14H,7-10,15H2,1H3,(H,25,29). The van der Waals surface area contributed by atoms with E-state index in [0.717, 1.165) is 21.7 Å². The number of nitrogens with one attached hydrogen (secondary N) is 1. The van der Waals surface area contributed by atoms with Crippen molar-refractivity contribution in [2.45, 2.75) is 6.54 Å². The van der Waals surface area contributed by atoms with E-state index in [0.29, 0.717) is 49.8 Å². The Morgan fingerprint density at radius 1 is 1.16 bits per heavy atom. The van der Waals surface area contributed by atoms with E-state index in [1.807, 2.05) is 29.6 Å². The molecule has 1 fully saturated rings. The highest BCUT2D eigenvalue weighted by molar-refractivity contribution is 7.13. The number of carbonyl (C=O) groups excluding carboxylic acids is 2. The van der Waals surface area contributed by atoms with Crippen LogP contribution in [0.1, 0.15) is 15.9 Å². The van der Waals surface area contributed by atoms with Crippen molar-refractivity contribution in [1.82, 2.24) is 10.2 Å². The van der Waals surface area contributed by atoms with Crippen LogP contribution in [0.4, 0.5) is 10.5 Å². The second-order valence-electron chi connectivity index (χ2n) is 7.65. The summed E-state index contributed by atoms with van der Waals surface area (Å²) < 4.78 is 11.6. The fourth-order valence-electron chi connectivity index (χ4n) is 4.10. The van der Waals surface area contributed by atoms with Crippen LogP contribution in [-0.4, -0.2) is 50.2 Å². The van der Waals surface area contributed by atoms with Crippen LogP contribution >= 0.6 is 11.3 Å². The first-order valence-corrected chi connectivity index (χ1v) is 11.3. The van der Waals surface area contributed by atoms with Gasteiger partial charge in [0.15, 0.2) is 11.5 Å². The molecule has 0 aliphatic carbocycles. The predicted molar refractivity (Wildman–Crippen MR) is 124 cm³/mol. The molecule has 0 saturated carbocycles. The molecule has 1 saturated heterocycles. The van der Waals surface area contributed by atoms with Crippen molar-refractivity contribution in [3.63, 3.8) is 0 Å². The van der Waals surface area contributed by atoms with Gasteiger partial charge < -0.3 is 19.7 Å². The van der Waals surface area contributed by atoms with E-state index in [2.05, 4.69) is 17.4 Å². The SMILES string of the molecule is COc1cc(-c2cccs2)cc2c1OCCN(C(=O)c1cccc(N3CCNC3=O)c1)C2. The van der Waals surface area contributed by atoms with Crippen LogP contribution in [0.2, 0.25) is 0 Å². The summed E-state index contributed by atoms with van der Waals surface area (Å²) in [4.78, 5) is 30.0. The van der Waals surface area contributed by atoms with Gasteiger partial charge in [0.1, 0.15) is 6.61 Å². The first-order valence-electron chi connectivity index (χ1n) is 10.5. The molecule has 0 spiro atoms. The number of urea groups is 1. The number of anilines is 1. The van der Waals surface area contributed by atoms with E-state index in [1.165, 1.54) is 0 Å². The fourth-order valence-corrected chi connectivity index (χ4v) is 4.82. The van der Waals surface area contributed by atoms with Gasteiger partial charge >= 0.3 is 6.03 Å². The molecule has 0 unspecified atom stereocenters. The van der Waals surface area contributed by atoms with Crippen molar-refractivity contribution in [3.8, 4) is 21.9 Å². The predicted octanol–water partition coefficient (Wildman–Crippen LogP) is 3.99. The largest absolute Gasteiger partial charge is 0.493 e. The van der Waals surface area contributed by atoms with Crippen LogP contribution in [-0.2, 0) is 6.54 Å². The summed E-state index contributed by atoms with van der Waals surface area (Å²) in [6, 6.07) is 15.2. The Labute approximate surface area is 190 Å². The van der Waals surface area contributed by atoms with Gasteiger partial charge in [0, 0.05) is 41.3 Å². The quantitative estimate of drug-likeness (QED) is 0.654. The molecule has 32 heavy (non-hydrogen) atoms. The van der Waals surface area contributed by atoms with Gasteiger partial charge in [-0.2, -0.15) is 0 Å². The average molecular weight is 450 g/mol. The molecule has 0 radical (unpaired) electrons. The number of carbonyl (C=O) groups is 2. The molecular weight excluding hydrogens is 426 g/mol. The van der Waals surface area contributed by atoms with E-state index in [-0.39, 0.29) is 11.9 Å². The maximum absolute atomic E-state index is 13.4. The lowest BCUT2D eigenvalue weighted by Crippen LogP contribution is -2.33. The Morgan fingerprint density at radius 2 is 2.06 bits per heavy atom. The first kappa shape index (κ1) is 20.4. The molecule has 2 aliphatic heterocycles. The number of benzene rings is 2. The normalized spacial score (nSPS) is 15.6. The van der Waals surface area contributed by atoms with Crippen molar-refractivity contribution in [3.05, 3.63) is 65.0 Å². The second-order valence-corrected chi connectivity index (χ2v) is 8.60. The molecule has 5 rings (SSSR count). The molecule has 164 valence electrons. The highest BCUT2D eigenvalue weighted by Crippen LogP contribution is 2.39. The van der Waals surface area contributed by atoms with Crippen LogP contribution in [0, 0.1) is 0 Å². The number of ether oxygens (including phenoxy) is 2. The number of fused-ring (bicyclic) bond motifs is 1. The molecule has 7 nitrogen and oxygen atoms in total. The zero-order chi connectivity index (χ0) is 22.1. The van der Waals surface area contributed by atoms with Crippen LogP contribution < -0.4 is 19.7 Å². The zero-order valence-corrected chi connectivity index (χ0v) is 18.5. The zero-order valence-electron chi connectivity index (χ0n) is 17.7. The van der Waals surface area contributed by atoms with Gasteiger partial charge in [0.25, 0.3) is 5.91 Å². The second kappa shape index (κ2) is 8.55. The Kier molecular flexibility index (Phi) is 5.45. The van der Waals surface area contributed by atoms with Gasteiger partial charge in [-0.15, -0.1) is 11.3 Å². The average Bonchev–Trinajstić information content (AvgIpc) is 3.46. The van der Waals surface area contributed by atoms with E-state index in [4.69, 9.17) is 9.47 Å². The number of thiophene rings is 1. The lowest BCUT2D eigenvalue weighted by atomic mass is 10.1. The molecule has 3 amide bonds. The topological polar surface area (TPSA) is 71.1 Å². The number of nitrogens with zero attached hydrogens (tertiary/aromatic N) is 2. The summed E-state index contributed by atoms with van der Waals surface area (Å²) in [6.07, 6.45) is 0. The molecule has 0 atom stereocenters. The number of hydrogen-bond donors (Lipinski definition) is 1. The van der Waals surface area contributed by atoms with Crippen molar-refractivity contribution in [1.29, 1.82) is 0 Å². The van der Waals surface area contributed by atoms with Gasteiger partial charge in [-0.1, -0.05) is 12.1 Å². The van der Waals surface area contributed by atoms with Gasteiger partial charge in [0.05, 0.1) is 13.7 Å². The molecule has 3 aromatic rings. The Morgan fingerprint density at radius 3 is 2.81 bits per heavy atom. The summed E-state index contributed by atoms with van der Waals surface area (Å²) in [5.41, 5.74) is 3.22. The van der Waals surface area contributed by atoms with Gasteiger partial charge in [-0.05, 0) is 47.3 Å². The third-order valence-corrected chi connectivity index (χ3v) is 6.59. The molecular formula is C24H23N3O4S. The first-order chi connectivity index (χ1) is 15.6. The summed E-state index contributed by atoms with van der Waals surface area (Å²) in [7, 11) is 1.63. The number of hydrogen-bond acceptors (Lipinski definition) is 5. The number of rotatable bonds is 4. The number of amides is 3. The Bertz CT molecular complexity index is 1160. The minimum absolute atomic E-state index is 0.0941. The van der Waals surface area contributed by atoms with E-state index in [1.54, 1.807) is 40.4 Å². The lowest BCUT2D eigenvalue weighted by molar-refractivity contribution is 0.0733. The summed E-state index contributed by atoms with van der Waals surface area (Å²) >= 11 is 1.65. The molecule has 1 aromatic heterocycles. The highest BCUT2D eigenvalue weighted by atomic mass is 32.1. The fraction of sp³-hybridized carbons (Fsp3) is 0.250. The summed E-state index contributed by atoms with van der Waals surface area (Å²) in [5.74, 6) is 1.26. The molecule has 8 heteroatoms. The molecule has 2 aliphatic rings. The van der Waals surface area contributed by atoms with Crippen LogP contribution in [0.5, 0.6) is 11.5 Å². The summed E-state index contributed by atoms with van der Waals surface area (Å²) in [5, 5.41) is 4.83. The lowest BCUT2D eigenvalue weighted by Gasteiger charge is -2.21. The smallest absolute Gasteiger partial charge is 0.321 e. The molecule has 3 heterocycles. The Hall–Kier alpha value is -3.52. The van der Waals surface area contributed by atoms with Crippen molar-refractivity contribution < 1.29 is 19.1 Å². The van der Waals surface area contributed by atoms with Crippen LogP contribution in [0.25, 0.3) is 10.4 Å². The minimum atomic E-state index is -0.139. The van der Waals surface area contributed by atoms with Crippen molar-refractivity contribution >= 4 is 29.0 Å². The Balaban J connectivity index is 1.45. The van der Waals surface area contributed by atoms with E-state index >= 15 is 0 Å². The molecule has 2 aromatic carbocycles. The molecule has 1 N–H and O–H groups in total. The number of methoxy groups -OCH3 is 1. The van der Waals surface area contributed by atoms with E-state index < -0.39 is 0 Å². The monoisotopic (exact) mass is 449 g/mol. The van der Waals surface area contributed by atoms with E-state index in [9.17, 15) is 9.59 Å². The van der Waals surface area contributed by atoms with Crippen LogP contribution in [0.3, 0.4) is 0 Å². The van der Waals surface area contributed by atoms with Gasteiger partial charge in [0.2, 0.25) is 0 Å². The van der Waals surface area contributed by atoms with Gasteiger partial charge in [-0.25, -0.2) is 4.79 Å². The third kappa shape index (κ3) is 3.78. The minimum Gasteiger partial charge on any atom is -0.493 e. The maximum atomic E-state index is 13.4. The molecule has 0 bridgehead atoms. The third-order valence-electron chi connectivity index (χ3n) is 5.67. The highest BCUT2D eigenvalue weighted by Gasteiger charge is 2.26. The van der Waals surface area contributed by atoms with Gasteiger partial charge in [-0.3, -0.25) is 9.69 Å². The maximum Gasteiger partial charge on any atom is 0.321 e. The van der Waals surface area contributed by atoms with Crippen molar-refractivity contribution in [2.24, 2.45) is 0 Å².